The first-order valence-corrected chi connectivity index (χ1v) is 15.6. The van der Waals surface area contributed by atoms with Crippen LogP contribution >= 0.6 is 0 Å². The van der Waals surface area contributed by atoms with Crippen molar-refractivity contribution in [1.29, 1.82) is 0 Å². The molecule has 0 aromatic rings. The normalized spacial score (nSPS) is 28.5. The minimum absolute atomic E-state index is 0.317. The molecule has 0 radical (unpaired) electrons. The second-order valence-electron chi connectivity index (χ2n) is 9.51. The van der Waals surface area contributed by atoms with Gasteiger partial charge in [0.2, 0.25) is 0 Å². The summed E-state index contributed by atoms with van der Waals surface area (Å²) in [4.78, 5) is 0. The molecule has 25 heavy (non-hydrogen) atoms. The Labute approximate surface area is 161 Å². The van der Waals surface area contributed by atoms with Crippen molar-refractivity contribution < 1.29 is 16.8 Å². The van der Waals surface area contributed by atoms with Gasteiger partial charge in [-0.2, -0.15) is 0 Å². The van der Waals surface area contributed by atoms with Crippen LogP contribution in [0, 0.1) is 0 Å². The zero-order valence-corrected chi connectivity index (χ0v) is 19.5. The molecule has 0 aromatic heterocycles. The number of hydrogen-bond acceptors (Lipinski definition) is 1. The van der Waals surface area contributed by atoms with Gasteiger partial charge in [-0.1, -0.05) is 0 Å². The number of rotatable bonds is 3. The van der Waals surface area contributed by atoms with Crippen molar-refractivity contribution in [2.45, 2.75) is 119 Å². The van der Waals surface area contributed by atoms with Gasteiger partial charge in [-0.25, -0.2) is 0 Å². The van der Waals surface area contributed by atoms with Crippen molar-refractivity contribution in [2.24, 2.45) is 0 Å². The average molecular weight is 381 g/mol. The summed E-state index contributed by atoms with van der Waals surface area (Å²) >= 11 is -2.20. The first-order chi connectivity index (χ1) is 11.8. The van der Waals surface area contributed by atoms with Crippen LogP contribution in [-0.4, -0.2) is 6.04 Å². The van der Waals surface area contributed by atoms with Gasteiger partial charge in [0.05, 0.1) is 0 Å². The molecule has 1 N–H and O–H groups in total. The molecule has 1 unspecified atom stereocenters. The van der Waals surface area contributed by atoms with Crippen LogP contribution in [0.3, 0.4) is 0 Å². The minimum atomic E-state index is -2.20. The van der Waals surface area contributed by atoms with Crippen LogP contribution in [0.1, 0.15) is 98.3 Å². The predicted octanol–water partition coefficient (Wildman–Crippen LogP) is 7.89. The summed E-state index contributed by atoms with van der Waals surface area (Å²) in [7, 11) is 0. The van der Waals surface area contributed by atoms with E-state index in [2.05, 4.69) is 48.0 Å². The van der Waals surface area contributed by atoms with E-state index >= 15 is 0 Å². The topological polar surface area (TPSA) is 12.0 Å². The fraction of sp³-hybridized carbons (Fsp3) is 0.826. The van der Waals surface area contributed by atoms with Crippen LogP contribution in [0.25, 0.3) is 0 Å². The quantitative estimate of drug-likeness (QED) is 0.490. The average Bonchev–Trinajstić information content (AvgIpc) is 2.74. The Morgan fingerprint density at radius 2 is 1.28 bits per heavy atom. The molecule has 0 aromatic carbocycles. The van der Waals surface area contributed by atoms with Crippen LogP contribution in [-0.2, 0) is 16.8 Å². The summed E-state index contributed by atoms with van der Waals surface area (Å²) in [5.41, 5.74) is 4.69. The molecule has 2 aliphatic rings. The Bertz CT molecular complexity index is 490. The number of allylic oxidation sites excluding steroid dienone is 4. The number of hydrogen-bond donors (Lipinski definition) is 1. The molecule has 0 aliphatic heterocycles. The molecular weight excluding hydrogens is 338 g/mol. The Balaban J connectivity index is 2.05. The zero-order chi connectivity index (χ0) is 18.5. The molecule has 1 atom stereocenters. The molecule has 1 nitrogen and oxygen atoms in total. The molecule has 2 rings (SSSR count). The Hall–Kier alpha value is 0.154. The third-order valence-corrected chi connectivity index (χ3v) is 14.0. The summed E-state index contributed by atoms with van der Waals surface area (Å²) in [5, 5.41) is 5.23. The van der Waals surface area contributed by atoms with Crippen LogP contribution in [0.15, 0.2) is 22.8 Å². The fourth-order valence-corrected chi connectivity index (χ4v) is 10.1. The van der Waals surface area contributed by atoms with E-state index in [0.29, 0.717) is 3.72 Å². The van der Waals surface area contributed by atoms with Gasteiger partial charge in [0.25, 0.3) is 0 Å². The van der Waals surface area contributed by atoms with Gasteiger partial charge in [-0.05, 0) is 0 Å². The molecule has 1 fully saturated rings. The summed E-state index contributed by atoms with van der Waals surface area (Å²) in [6.07, 6.45) is 18.4. The monoisotopic (exact) mass is 381 g/mol. The summed E-state index contributed by atoms with van der Waals surface area (Å²) in [6.45, 7) is 9.53. The second-order valence-corrected chi connectivity index (χ2v) is 16.7. The number of nitrogens with one attached hydrogen (secondary N) is 1. The van der Waals surface area contributed by atoms with Gasteiger partial charge < -0.3 is 0 Å². The summed E-state index contributed by atoms with van der Waals surface area (Å²) in [5.74, 6) is 0. The Morgan fingerprint density at radius 3 is 1.68 bits per heavy atom. The zero-order valence-electron chi connectivity index (χ0n) is 17.9. The Morgan fingerprint density at radius 1 is 0.840 bits per heavy atom. The van der Waals surface area contributed by atoms with E-state index in [0.717, 1.165) is 6.04 Å². The van der Waals surface area contributed by atoms with Gasteiger partial charge in [0.15, 0.2) is 0 Å². The molecule has 0 spiro atoms. The molecule has 0 bridgehead atoms. The predicted molar refractivity (Wildman–Crippen MR) is 110 cm³/mol. The van der Waals surface area contributed by atoms with Crippen molar-refractivity contribution in [1.82, 2.24) is 3.80 Å². The van der Waals surface area contributed by atoms with E-state index in [-0.39, 0.29) is 0 Å². The van der Waals surface area contributed by atoms with Gasteiger partial charge >= 0.3 is 162 Å². The van der Waals surface area contributed by atoms with E-state index < -0.39 is 16.8 Å². The molecule has 2 aliphatic carbocycles. The summed E-state index contributed by atoms with van der Waals surface area (Å²) in [6, 6.07) is 0.758. The molecule has 2 heteroatoms. The third-order valence-electron chi connectivity index (χ3n) is 7.41. The maximum atomic E-state index is 4.31. The van der Waals surface area contributed by atoms with Crippen molar-refractivity contribution in [3.63, 3.8) is 0 Å². The molecular formula is C23H43NTi. The van der Waals surface area contributed by atoms with Gasteiger partial charge in [-0.15, -0.1) is 0 Å². The van der Waals surface area contributed by atoms with E-state index in [1.165, 1.54) is 76.2 Å². The van der Waals surface area contributed by atoms with Crippen molar-refractivity contribution >= 4 is 0 Å². The van der Waals surface area contributed by atoms with E-state index in [9.17, 15) is 0 Å². The van der Waals surface area contributed by atoms with Crippen LogP contribution in [0.5, 0.6) is 0 Å². The maximum absolute atomic E-state index is 4.31. The van der Waals surface area contributed by atoms with Gasteiger partial charge in [0.1, 0.15) is 0 Å². The fourth-order valence-electron chi connectivity index (χ4n) is 4.95. The first kappa shape index (κ1) is 21.5. The first-order valence-electron chi connectivity index (χ1n) is 10.9. The molecule has 0 amide bonds. The van der Waals surface area contributed by atoms with E-state index in [4.69, 9.17) is 0 Å². The van der Waals surface area contributed by atoms with Crippen molar-refractivity contribution in [3.8, 4) is 0 Å². The van der Waals surface area contributed by atoms with Crippen LogP contribution in [0.2, 0.25) is 14.2 Å². The van der Waals surface area contributed by atoms with Gasteiger partial charge in [-0.3, -0.25) is 0 Å². The third kappa shape index (κ3) is 5.33. The Kier molecular flexibility index (Phi) is 8.05. The molecule has 144 valence electrons. The van der Waals surface area contributed by atoms with Crippen molar-refractivity contribution in [3.05, 3.63) is 22.8 Å². The summed E-state index contributed by atoms with van der Waals surface area (Å²) < 4.78 is 4.63. The van der Waals surface area contributed by atoms with Gasteiger partial charge in [0, 0.05) is 0 Å². The van der Waals surface area contributed by atoms with Crippen LogP contribution in [0.4, 0.5) is 0 Å². The standard InChI is InChI=1S/C12H24N.C9H13.2CH3.Ti/c13-12-10-8-6-4-2-1-3-5-7-9-11-12;1-6-5-7(2)9(4)8(6)3;;;/h12-13H,1-11H2;5H,1-4H3;2*1H3;/q-1;;;;+1. The van der Waals surface area contributed by atoms with Crippen LogP contribution < -0.4 is 3.80 Å². The van der Waals surface area contributed by atoms with E-state index in [1.54, 1.807) is 11.1 Å². The van der Waals surface area contributed by atoms with E-state index in [1.807, 2.05) is 0 Å². The molecule has 0 saturated heterocycles. The van der Waals surface area contributed by atoms with Crippen molar-refractivity contribution in [2.75, 3.05) is 0 Å². The SMILES string of the molecule is CC1=C[C](C)([Ti]([CH3])([CH3])[NH]C2CCCCCCCCCCC2)C(C)=C1C. The second kappa shape index (κ2) is 9.38. The molecule has 1 saturated carbocycles. The molecule has 0 heterocycles.